The Hall–Kier alpha value is -2.30. The first kappa shape index (κ1) is 20.4. The molecular formula is C23H32N2O3. The molecular weight excluding hydrogens is 352 g/mol. The van der Waals surface area contributed by atoms with Crippen molar-refractivity contribution in [2.75, 3.05) is 24.6 Å². The fourth-order valence-corrected chi connectivity index (χ4v) is 4.37. The molecule has 2 heterocycles. The van der Waals surface area contributed by atoms with Gasteiger partial charge in [-0.15, -0.1) is 0 Å². The second kappa shape index (κ2) is 9.26. The van der Waals surface area contributed by atoms with Gasteiger partial charge in [-0.1, -0.05) is 39.7 Å². The lowest BCUT2D eigenvalue weighted by atomic mass is 9.84. The third-order valence-electron chi connectivity index (χ3n) is 5.84. The van der Waals surface area contributed by atoms with E-state index in [2.05, 4.69) is 42.8 Å². The molecule has 2 aromatic rings. The van der Waals surface area contributed by atoms with Crippen LogP contribution < -0.4 is 9.64 Å². The summed E-state index contributed by atoms with van der Waals surface area (Å²) in [4.78, 5) is 18.9. The van der Waals surface area contributed by atoms with E-state index in [0.29, 0.717) is 19.7 Å². The van der Waals surface area contributed by atoms with Crippen LogP contribution in [0.2, 0.25) is 0 Å². The first-order valence-corrected chi connectivity index (χ1v) is 10.6. The van der Waals surface area contributed by atoms with E-state index in [1.165, 1.54) is 5.56 Å². The Balaban J connectivity index is 1.99. The number of carbonyl (C=O) groups is 1. The average Bonchev–Trinajstić information content (AvgIpc) is 2.71. The van der Waals surface area contributed by atoms with E-state index >= 15 is 0 Å². The van der Waals surface area contributed by atoms with Crippen molar-refractivity contribution < 1.29 is 14.6 Å². The summed E-state index contributed by atoms with van der Waals surface area (Å²) in [6.07, 6.45) is 6.67. The van der Waals surface area contributed by atoms with E-state index in [1.54, 1.807) is 6.20 Å². The summed E-state index contributed by atoms with van der Waals surface area (Å²) in [7, 11) is 0. The number of hydrogen-bond donors (Lipinski definition) is 1. The second-order valence-electron chi connectivity index (χ2n) is 7.75. The summed E-state index contributed by atoms with van der Waals surface area (Å²) < 4.78 is 5.88. The Morgan fingerprint density at radius 1 is 1.25 bits per heavy atom. The van der Waals surface area contributed by atoms with E-state index < -0.39 is 5.97 Å². The fourth-order valence-electron chi connectivity index (χ4n) is 4.37. The quantitative estimate of drug-likeness (QED) is 0.665. The molecule has 0 spiro atoms. The zero-order valence-corrected chi connectivity index (χ0v) is 17.3. The van der Waals surface area contributed by atoms with Crippen LogP contribution in [0, 0.1) is 11.8 Å². The lowest BCUT2D eigenvalue weighted by Gasteiger charge is -2.36. The molecule has 1 atom stereocenters. The van der Waals surface area contributed by atoms with Gasteiger partial charge in [-0.05, 0) is 42.9 Å². The fraction of sp³-hybridized carbons (Fsp3) is 0.565. The van der Waals surface area contributed by atoms with Crippen molar-refractivity contribution in [1.82, 2.24) is 4.98 Å². The summed E-state index contributed by atoms with van der Waals surface area (Å²) >= 11 is 0. The van der Waals surface area contributed by atoms with Crippen molar-refractivity contribution >= 4 is 22.6 Å². The molecule has 1 unspecified atom stereocenters. The number of carboxylic acid groups (broad SMARTS) is 1. The van der Waals surface area contributed by atoms with E-state index in [-0.39, 0.29) is 11.8 Å². The number of benzene rings is 1. The zero-order chi connectivity index (χ0) is 20.1. The van der Waals surface area contributed by atoms with Crippen molar-refractivity contribution in [1.29, 1.82) is 0 Å². The molecule has 0 amide bonds. The average molecular weight is 385 g/mol. The molecule has 5 nitrogen and oxygen atoms in total. The maximum absolute atomic E-state index is 12.2. The summed E-state index contributed by atoms with van der Waals surface area (Å²) in [6, 6.07) is 6.33. The molecule has 5 heteroatoms. The van der Waals surface area contributed by atoms with Crippen LogP contribution in [0.25, 0.3) is 10.9 Å². The number of carboxylic acids is 1. The number of aryl methyl sites for hydroxylation is 1. The molecule has 0 saturated heterocycles. The predicted octanol–water partition coefficient (Wildman–Crippen LogP) is 4.91. The molecule has 0 saturated carbocycles. The van der Waals surface area contributed by atoms with Gasteiger partial charge in [0.25, 0.3) is 0 Å². The van der Waals surface area contributed by atoms with E-state index in [4.69, 9.17) is 4.74 Å². The normalized spacial score (nSPS) is 14.8. The summed E-state index contributed by atoms with van der Waals surface area (Å²) in [6.45, 7) is 8.20. The smallest absolute Gasteiger partial charge is 0.308 e. The molecule has 1 N–H and O–H groups in total. The minimum atomic E-state index is -0.687. The minimum Gasteiger partial charge on any atom is -0.488 e. The third-order valence-corrected chi connectivity index (χ3v) is 5.84. The monoisotopic (exact) mass is 384 g/mol. The Labute approximate surface area is 167 Å². The number of nitrogens with zero attached hydrogens (tertiary/aromatic N) is 2. The van der Waals surface area contributed by atoms with Crippen LogP contribution in [0.3, 0.4) is 0 Å². The topological polar surface area (TPSA) is 62.7 Å². The molecule has 0 bridgehead atoms. The van der Waals surface area contributed by atoms with Gasteiger partial charge in [-0.2, -0.15) is 0 Å². The Morgan fingerprint density at radius 3 is 2.64 bits per heavy atom. The highest BCUT2D eigenvalue weighted by Gasteiger charge is 2.32. The molecule has 3 rings (SSSR count). The highest BCUT2D eigenvalue weighted by atomic mass is 16.5. The maximum atomic E-state index is 12.2. The van der Waals surface area contributed by atoms with Crippen LogP contribution in [-0.4, -0.2) is 35.8 Å². The van der Waals surface area contributed by atoms with Gasteiger partial charge in [0.05, 0.1) is 29.9 Å². The second-order valence-corrected chi connectivity index (χ2v) is 7.75. The van der Waals surface area contributed by atoms with Crippen LogP contribution in [0.4, 0.5) is 5.69 Å². The first-order valence-electron chi connectivity index (χ1n) is 10.6. The highest BCUT2D eigenvalue weighted by molar-refractivity contribution is 5.95. The summed E-state index contributed by atoms with van der Waals surface area (Å²) in [5.41, 5.74) is 3.18. The van der Waals surface area contributed by atoms with Gasteiger partial charge in [0.15, 0.2) is 5.75 Å². The molecule has 1 aromatic heterocycles. The third kappa shape index (κ3) is 4.23. The van der Waals surface area contributed by atoms with Crippen LogP contribution in [-0.2, 0) is 11.2 Å². The lowest BCUT2D eigenvalue weighted by molar-refractivity contribution is -0.143. The van der Waals surface area contributed by atoms with Gasteiger partial charge in [0, 0.05) is 11.9 Å². The molecule has 0 aliphatic carbocycles. The van der Waals surface area contributed by atoms with Gasteiger partial charge in [-0.3, -0.25) is 9.78 Å². The molecule has 1 aliphatic heterocycles. The zero-order valence-electron chi connectivity index (χ0n) is 17.3. The van der Waals surface area contributed by atoms with Gasteiger partial charge in [0.2, 0.25) is 0 Å². The van der Waals surface area contributed by atoms with Crippen molar-refractivity contribution in [3.63, 3.8) is 0 Å². The number of aliphatic carboxylic acids is 1. The molecule has 28 heavy (non-hydrogen) atoms. The van der Waals surface area contributed by atoms with Gasteiger partial charge < -0.3 is 14.7 Å². The van der Waals surface area contributed by atoms with Crippen LogP contribution >= 0.6 is 0 Å². The molecule has 1 aliphatic rings. The van der Waals surface area contributed by atoms with E-state index in [0.717, 1.165) is 54.4 Å². The summed E-state index contributed by atoms with van der Waals surface area (Å²) in [5.74, 6) is -0.0900. The molecule has 1 aromatic carbocycles. The van der Waals surface area contributed by atoms with Gasteiger partial charge in [-0.25, -0.2) is 0 Å². The van der Waals surface area contributed by atoms with Crippen LogP contribution in [0.1, 0.15) is 52.0 Å². The van der Waals surface area contributed by atoms with Crippen LogP contribution in [0.5, 0.6) is 5.75 Å². The van der Waals surface area contributed by atoms with Crippen molar-refractivity contribution in [2.24, 2.45) is 11.8 Å². The number of fused-ring (bicyclic) bond motifs is 3. The number of hydrogen-bond acceptors (Lipinski definition) is 4. The summed E-state index contributed by atoms with van der Waals surface area (Å²) in [5, 5.41) is 11.1. The largest absolute Gasteiger partial charge is 0.488 e. The van der Waals surface area contributed by atoms with Crippen molar-refractivity contribution in [3.8, 4) is 5.75 Å². The minimum absolute atomic E-state index is 0.207. The number of ether oxygens (including phenoxy) is 1. The maximum Gasteiger partial charge on any atom is 0.308 e. The van der Waals surface area contributed by atoms with Crippen LogP contribution in [0.15, 0.2) is 24.4 Å². The Morgan fingerprint density at radius 2 is 2.00 bits per heavy atom. The number of anilines is 1. The van der Waals surface area contributed by atoms with Gasteiger partial charge >= 0.3 is 5.97 Å². The predicted molar refractivity (Wildman–Crippen MR) is 113 cm³/mol. The van der Waals surface area contributed by atoms with Gasteiger partial charge in [0.1, 0.15) is 6.61 Å². The number of aromatic nitrogens is 1. The molecule has 152 valence electrons. The standard InChI is InChI=1S/C23H32N2O3/c1-4-7-17(8-5-2)19(23(26)27)15-25-11-12-28-21-14-24-20-10-9-16(6-3)13-18(20)22(21)25/h9-10,13-14,17,19H,4-8,11-12,15H2,1-3H3,(H,26,27). The SMILES string of the molecule is CCCC(CCC)C(CN1CCOc2cnc3ccc(CC)cc3c21)C(=O)O. The Kier molecular flexibility index (Phi) is 6.76. The van der Waals surface area contributed by atoms with Crippen molar-refractivity contribution in [3.05, 3.63) is 30.0 Å². The highest BCUT2D eigenvalue weighted by Crippen LogP contribution is 2.39. The molecule has 0 fully saturated rings. The Bertz CT molecular complexity index is 810. The first-order chi connectivity index (χ1) is 13.6. The number of pyridine rings is 1. The number of rotatable bonds is 9. The van der Waals surface area contributed by atoms with E-state index in [9.17, 15) is 9.90 Å². The molecule has 0 radical (unpaired) electrons. The van der Waals surface area contributed by atoms with Crippen molar-refractivity contribution in [2.45, 2.75) is 52.9 Å². The lowest BCUT2D eigenvalue weighted by Crippen LogP contribution is -2.41. The van der Waals surface area contributed by atoms with E-state index in [1.807, 2.05) is 6.07 Å².